The van der Waals surface area contributed by atoms with Gasteiger partial charge in [-0.05, 0) is 30.9 Å². The number of carbonyl (C=O) groups excluding carboxylic acids is 1. The second-order valence-electron chi connectivity index (χ2n) is 5.71. The van der Waals surface area contributed by atoms with E-state index in [4.69, 9.17) is 11.6 Å². The van der Waals surface area contributed by atoms with Crippen LogP contribution in [0.1, 0.15) is 39.2 Å². The van der Waals surface area contributed by atoms with Crippen molar-refractivity contribution < 1.29 is 14.7 Å². The number of nitrogens with one attached hydrogen (secondary N) is 1. The number of amides is 1. The smallest absolute Gasteiger partial charge is 0.311 e. The van der Waals surface area contributed by atoms with Gasteiger partial charge in [-0.1, -0.05) is 50.6 Å². The van der Waals surface area contributed by atoms with Crippen molar-refractivity contribution in [2.45, 2.75) is 40.0 Å². The third kappa shape index (κ3) is 4.47. The quantitative estimate of drug-likeness (QED) is 0.768. The summed E-state index contributed by atoms with van der Waals surface area (Å²) in [5.74, 6) is -1.27. The Morgan fingerprint density at radius 3 is 2.36 bits per heavy atom. The molecule has 1 aromatic carbocycles. The third-order valence-electron chi connectivity index (χ3n) is 4.34. The molecule has 0 heterocycles. The van der Waals surface area contributed by atoms with Crippen LogP contribution in [0.5, 0.6) is 0 Å². The molecule has 1 unspecified atom stereocenters. The van der Waals surface area contributed by atoms with Crippen LogP contribution >= 0.6 is 11.6 Å². The third-order valence-corrected chi connectivity index (χ3v) is 4.71. The summed E-state index contributed by atoms with van der Waals surface area (Å²) in [6, 6.07) is 7.42. The molecule has 0 spiro atoms. The SMILES string of the molecule is CCC(CC)(CNC(=O)C(C)Cc1ccccc1Cl)C(=O)O. The van der Waals surface area contributed by atoms with Gasteiger partial charge in [0.1, 0.15) is 0 Å². The zero-order valence-corrected chi connectivity index (χ0v) is 14.1. The van der Waals surface area contributed by atoms with E-state index in [-0.39, 0.29) is 18.4 Å². The molecule has 0 radical (unpaired) electrons. The fourth-order valence-electron chi connectivity index (χ4n) is 2.40. The fraction of sp³-hybridized carbons (Fsp3) is 0.529. The Kier molecular flexibility index (Phi) is 6.88. The molecular weight excluding hydrogens is 302 g/mol. The van der Waals surface area contributed by atoms with Gasteiger partial charge in [-0.25, -0.2) is 0 Å². The Balaban J connectivity index is 2.65. The van der Waals surface area contributed by atoms with Crippen LogP contribution in [0.4, 0.5) is 0 Å². The number of halogens is 1. The molecule has 4 nitrogen and oxygen atoms in total. The van der Waals surface area contributed by atoms with Crippen LogP contribution in [0.2, 0.25) is 5.02 Å². The molecule has 0 aliphatic carbocycles. The van der Waals surface area contributed by atoms with Gasteiger partial charge in [0.2, 0.25) is 5.91 Å². The van der Waals surface area contributed by atoms with Gasteiger partial charge in [-0.15, -0.1) is 0 Å². The van der Waals surface area contributed by atoms with Gasteiger partial charge in [0, 0.05) is 17.5 Å². The maximum absolute atomic E-state index is 12.2. The molecule has 0 saturated heterocycles. The Bertz CT molecular complexity index is 526. The number of rotatable bonds is 8. The number of benzene rings is 1. The average Bonchev–Trinajstić information content (AvgIpc) is 2.50. The summed E-state index contributed by atoms with van der Waals surface area (Å²) in [6.07, 6.45) is 1.50. The van der Waals surface area contributed by atoms with E-state index < -0.39 is 11.4 Å². The fourth-order valence-corrected chi connectivity index (χ4v) is 2.61. The number of carboxylic acid groups (broad SMARTS) is 1. The number of hydrogen-bond donors (Lipinski definition) is 2. The first kappa shape index (κ1) is 18.5. The summed E-state index contributed by atoms with van der Waals surface area (Å²) in [5, 5.41) is 12.8. The van der Waals surface area contributed by atoms with Crippen molar-refractivity contribution in [2.24, 2.45) is 11.3 Å². The van der Waals surface area contributed by atoms with Gasteiger partial charge >= 0.3 is 5.97 Å². The molecule has 0 aromatic heterocycles. The predicted molar refractivity (Wildman–Crippen MR) is 88.0 cm³/mol. The molecule has 0 fully saturated rings. The van der Waals surface area contributed by atoms with Crippen molar-refractivity contribution in [3.05, 3.63) is 34.9 Å². The summed E-state index contributed by atoms with van der Waals surface area (Å²) in [6.45, 7) is 5.63. The molecule has 5 heteroatoms. The van der Waals surface area contributed by atoms with Crippen molar-refractivity contribution in [1.82, 2.24) is 5.32 Å². The molecule has 22 heavy (non-hydrogen) atoms. The summed E-state index contributed by atoms with van der Waals surface area (Å²) in [4.78, 5) is 23.6. The molecule has 1 aromatic rings. The monoisotopic (exact) mass is 325 g/mol. The van der Waals surface area contributed by atoms with Crippen molar-refractivity contribution in [3.8, 4) is 0 Å². The summed E-state index contributed by atoms with van der Waals surface area (Å²) in [7, 11) is 0. The number of hydrogen-bond acceptors (Lipinski definition) is 2. The van der Waals surface area contributed by atoms with E-state index in [1.54, 1.807) is 6.07 Å². The highest BCUT2D eigenvalue weighted by Crippen LogP contribution is 2.26. The Hall–Kier alpha value is -1.55. The van der Waals surface area contributed by atoms with Crippen molar-refractivity contribution >= 4 is 23.5 Å². The van der Waals surface area contributed by atoms with E-state index in [0.717, 1.165) is 5.56 Å². The lowest BCUT2D eigenvalue weighted by atomic mass is 9.82. The summed E-state index contributed by atoms with van der Waals surface area (Å²) in [5.41, 5.74) is 0.0297. The lowest BCUT2D eigenvalue weighted by Crippen LogP contribution is -2.44. The standard InChI is InChI=1S/C17H24ClNO3/c1-4-17(5-2,16(21)22)11-19-15(20)12(3)10-13-8-6-7-9-14(13)18/h6-9,12H,4-5,10-11H2,1-3H3,(H,19,20)(H,21,22). The van der Waals surface area contributed by atoms with E-state index in [1.165, 1.54) is 0 Å². The van der Waals surface area contributed by atoms with E-state index in [0.29, 0.717) is 24.3 Å². The molecular formula is C17H24ClNO3. The van der Waals surface area contributed by atoms with Crippen LogP contribution in [-0.2, 0) is 16.0 Å². The van der Waals surface area contributed by atoms with Crippen LogP contribution in [0.3, 0.4) is 0 Å². The highest BCUT2D eigenvalue weighted by Gasteiger charge is 2.35. The molecule has 0 aliphatic rings. The Labute approximate surface area is 136 Å². The molecule has 2 N–H and O–H groups in total. The Morgan fingerprint density at radius 2 is 1.86 bits per heavy atom. The van der Waals surface area contributed by atoms with Crippen LogP contribution in [0.25, 0.3) is 0 Å². The summed E-state index contributed by atoms with van der Waals surface area (Å²) < 4.78 is 0. The normalized spacial score (nSPS) is 12.7. The minimum atomic E-state index is -0.889. The van der Waals surface area contributed by atoms with Gasteiger partial charge in [0.25, 0.3) is 0 Å². The van der Waals surface area contributed by atoms with E-state index in [9.17, 15) is 14.7 Å². The van der Waals surface area contributed by atoms with Gasteiger partial charge in [-0.3, -0.25) is 9.59 Å². The molecule has 0 saturated carbocycles. The molecule has 122 valence electrons. The molecule has 1 rings (SSSR count). The van der Waals surface area contributed by atoms with Crippen LogP contribution in [0, 0.1) is 11.3 Å². The van der Waals surface area contributed by atoms with Gasteiger partial charge in [0.15, 0.2) is 0 Å². The number of carbonyl (C=O) groups is 2. The lowest BCUT2D eigenvalue weighted by Gasteiger charge is -2.27. The van der Waals surface area contributed by atoms with Gasteiger partial charge in [-0.2, -0.15) is 0 Å². The van der Waals surface area contributed by atoms with Crippen molar-refractivity contribution in [1.29, 1.82) is 0 Å². The van der Waals surface area contributed by atoms with E-state index >= 15 is 0 Å². The van der Waals surface area contributed by atoms with Gasteiger partial charge in [0.05, 0.1) is 5.41 Å². The first-order chi connectivity index (χ1) is 10.4. The predicted octanol–water partition coefficient (Wildman–Crippen LogP) is 3.53. The van der Waals surface area contributed by atoms with E-state index in [2.05, 4.69) is 5.32 Å². The topological polar surface area (TPSA) is 66.4 Å². The van der Waals surface area contributed by atoms with Crippen LogP contribution in [0.15, 0.2) is 24.3 Å². The zero-order chi connectivity index (χ0) is 16.8. The molecule has 1 atom stereocenters. The lowest BCUT2D eigenvalue weighted by molar-refractivity contribution is -0.149. The molecule has 0 aliphatic heterocycles. The van der Waals surface area contributed by atoms with Crippen LogP contribution < -0.4 is 5.32 Å². The first-order valence-electron chi connectivity index (χ1n) is 7.60. The number of aliphatic carboxylic acids is 1. The highest BCUT2D eigenvalue weighted by molar-refractivity contribution is 6.31. The maximum atomic E-state index is 12.2. The first-order valence-corrected chi connectivity index (χ1v) is 7.98. The minimum Gasteiger partial charge on any atom is -0.481 e. The van der Waals surface area contributed by atoms with Crippen LogP contribution in [-0.4, -0.2) is 23.5 Å². The average molecular weight is 326 g/mol. The second kappa shape index (κ2) is 8.18. The van der Waals surface area contributed by atoms with E-state index in [1.807, 2.05) is 39.0 Å². The van der Waals surface area contributed by atoms with Gasteiger partial charge < -0.3 is 10.4 Å². The molecule has 0 bridgehead atoms. The summed E-state index contributed by atoms with van der Waals surface area (Å²) >= 11 is 6.10. The molecule has 1 amide bonds. The Morgan fingerprint density at radius 1 is 1.27 bits per heavy atom. The maximum Gasteiger partial charge on any atom is 0.311 e. The van der Waals surface area contributed by atoms with Crippen molar-refractivity contribution in [2.75, 3.05) is 6.54 Å². The zero-order valence-electron chi connectivity index (χ0n) is 13.4. The van der Waals surface area contributed by atoms with Crippen molar-refractivity contribution in [3.63, 3.8) is 0 Å². The second-order valence-corrected chi connectivity index (χ2v) is 6.11. The minimum absolute atomic E-state index is 0.146. The largest absolute Gasteiger partial charge is 0.481 e. The number of carboxylic acids is 1. The highest BCUT2D eigenvalue weighted by atomic mass is 35.5.